The van der Waals surface area contributed by atoms with Crippen LogP contribution in [-0.4, -0.2) is 7.11 Å². The monoisotopic (exact) mass is 174 g/mol. The van der Waals surface area contributed by atoms with E-state index < -0.39 is 5.82 Å². The predicted molar refractivity (Wildman–Crippen MR) is 42.7 cm³/mol. The second-order valence-electron chi connectivity index (χ2n) is 2.19. The maximum Gasteiger partial charge on any atom is 0.148 e. The van der Waals surface area contributed by atoms with E-state index in [1.807, 2.05) is 0 Å². The van der Waals surface area contributed by atoms with Crippen molar-refractivity contribution in [2.45, 2.75) is 6.92 Å². The minimum atomic E-state index is -0.411. The molecule has 1 rings (SSSR count). The van der Waals surface area contributed by atoms with Crippen molar-refractivity contribution >= 4 is 11.6 Å². The van der Waals surface area contributed by atoms with Crippen molar-refractivity contribution in [3.05, 3.63) is 28.5 Å². The van der Waals surface area contributed by atoms with Crippen molar-refractivity contribution in [3.8, 4) is 5.75 Å². The van der Waals surface area contributed by atoms with Gasteiger partial charge in [-0.05, 0) is 19.1 Å². The summed E-state index contributed by atoms with van der Waals surface area (Å²) in [6, 6.07) is 3.11. The van der Waals surface area contributed by atoms with Crippen LogP contribution in [0, 0.1) is 12.7 Å². The molecule has 0 radical (unpaired) electrons. The summed E-state index contributed by atoms with van der Waals surface area (Å²) in [5.74, 6) is 0.109. The number of ether oxygens (including phenoxy) is 1. The van der Waals surface area contributed by atoms with Gasteiger partial charge in [0.2, 0.25) is 0 Å². The van der Waals surface area contributed by atoms with Gasteiger partial charge in [-0.25, -0.2) is 4.39 Å². The Bertz CT molecular complexity index is 273. The van der Waals surface area contributed by atoms with Crippen molar-refractivity contribution < 1.29 is 9.13 Å². The molecule has 60 valence electrons. The maximum absolute atomic E-state index is 13.0. The second-order valence-corrected chi connectivity index (χ2v) is 2.60. The van der Waals surface area contributed by atoms with Gasteiger partial charge < -0.3 is 4.74 Å². The summed E-state index contributed by atoms with van der Waals surface area (Å²) in [6.45, 7) is 1.63. The average Bonchev–Trinajstić information content (AvgIpc) is 2.01. The van der Waals surface area contributed by atoms with E-state index in [0.717, 1.165) is 0 Å². The fourth-order valence-corrected chi connectivity index (χ4v) is 1.06. The first kappa shape index (κ1) is 8.34. The summed E-state index contributed by atoms with van der Waals surface area (Å²) in [7, 11) is 1.50. The molecule has 0 aliphatic rings. The summed E-state index contributed by atoms with van der Waals surface area (Å²) in [6.07, 6.45) is 0. The van der Waals surface area contributed by atoms with Gasteiger partial charge in [0.05, 0.1) is 12.1 Å². The molecule has 0 spiro atoms. The number of methoxy groups -OCH3 is 1. The van der Waals surface area contributed by atoms with Gasteiger partial charge in [-0.1, -0.05) is 11.6 Å². The Morgan fingerprint density at radius 3 is 2.64 bits per heavy atom. The minimum Gasteiger partial charge on any atom is -0.496 e. The Morgan fingerprint density at radius 1 is 1.45 bits per heavy atom. The fourth-order valence-electron chi connectivity index (χ4n) is 0.855. The van der Waals surface area contributed by atoms with E-state index >= 15 is 0 Å². The normalized spacial score (nSPS) is 9.82. The van der Waals surface area contributed by atoms with Crippen molar-refractivity contribution in [3.63, 3.8) is 0 Å². The van der Waals surface area contributed by atoms with Crippen LogP contribution in [-0.2, 0) is 0 Å². The van der Waals surface area contributed by atoms with Crippen LogP contribution in [0.15, 0.2) is 12.1 Å². The maximum atomic E-state index is 13.0. The third kappa shape index (κ3) is 1.46. The smallest absolute Gasteiger partial charge is 0.148 e. The molecule has 0 atom stereocenters. The van der Waals surface area contributed by atoms with Gasteiger partial charge in [-0.3, -0.25) is 0 Å². The lowest BCUT2D eigenvalue weighted by Gasteiger charge is -2.05. The number of rotatable bonds is 1. The van der Waals surface area contributed by atoms with Gasteiger partial charge in [-0.15, -0.1) is 0 Å². The Kier molecular flexibility index (Phi) is 2.35. The molecule has 0 saturated heterocycles. The molecule has 0 unspecified atom stereocenters. The molecular weight excluding hydrogens is 167 g/mol. The molecule has 0 aliphatic heterocycles. The highest BCUT2D eigenvalue weighted by Gasteiger charge is 2.07. The highest BCUT2D eigenvalue weighted by atomic mass is 35.5. The van der Waals surface area contributed by atoms with Gasteiger partial charge >= 0.3 is 0 Å². The topological polar surface area (TPSA) is 9.23 Å². The molecular formula is C8H8ClFO. The molecule has 0 saturated carbocycles. The van der Waals surface area contributed by atoms with Crippen LogP contribution >= 0.6 is 11.6 Å². The molecule has 11 heavy (non-hydrogen) atoms. The fraction of sp³-hybridized carbons (Fsp3) is 0.250. The first-order valence-electron chi connectivity index (χ1n) is 3.15. The van der Waals surface area contributed by atoms with Gasteiger partial charge in [0.15, 0.2) is 0 Å². The predicted octanol–water partition coefficient (Wildman–Crippen LogP) is 2.80. The summed E-state index contributed by atoms with van der Waals surface area (Å²) in [4.78, 5) is 0. The van der Waals surface area contributed by atoms with E-state index in [-0.39, 0.29) is 5.02 Å². The number of halogens is 2. The van der Waals surface area contributed by atoms with Gasteiger partial charge in [0.25, 0.3) is 0 Å². The molecule has 1 aromatic carbocycles. The molecule has 0 N–H and O–H groups in total. The lowest BCUT2D eigenvalue weighted by atomic mass is 10.2. The Hall–Kier alpha value is -0.760. The molecule has 0 aromatic heterocycles. The number of hydrogen-bond acceptors (Lipinski definition) is 1. The van der Waals surface area contributed by atoms with Crippen LogP contribution in [0.4, 0.5) is 4.39 Å². The zero-order valence-corrected chi connectivity index (χ0v) is 7.07. The van der Waals surface area contributed by atoms with E-state index in [1.54, 1.807) is 13.0 Å². The zero-order chi connectivity index (χ0) is 8.43. The van der Waals surface area contributed by atoms with E-state index in [2.05, 4.69) is 0 Å². The largest absolute Gasteiger partial charge is 0.496 e. The molecule has 0 bridgehead atoms. The van der Waals surface area contributed by atoms with E-state index in [9.17, 15) is 4.39 Å². The van der Waals surface area contributed by atoms with Gasteiger partial charge in [0, 0.05) is 5.56 Å². The molecule has 0 amide bonds. The first-order chi connectivity index (χ1) is 5.16. The molecule has 3 heteroatoms. The third-order valence-corrected chi connectivity index (χ3v) is 1.80. The standard InChI is InChI=1S/C8H8ClFO/c1-5-7(11-2)4-3-6(9)8(5)10/h3-4H,1-2H3. The molecule has 1 aromatic rings. The van der Waals surface area contributed by atoms with Crippen LogP contribution in [0.25, 0.3) is 0 Å². The van der Waals surface area contributed by atoms with Crippen molar-refractivity contribution in [2.24, 2.45) is 0 Å². The SMILES string of the molecule is COc1ccc(Cl)c(F)c1C. The zero-order valence-electron chi connectivity index (χ0n) is 6.32. The highest BCUT2D eigenvalue weighted by molar-refractivity contribution is 6.30. The number of hydrogen-bond donors (Lipinski definition) is 0. The van der Waals surface area contributed by atoms with E-state index in [4.69, 9.17) is 16.3 Å². The van der Waals surface area contributed by atoms with Crippen molar-refractivity contribution in [1.29, 1.82) is 0 Å². The van der Waals surface area contributed by atoms with Crippen LogP contribution in [0.5, 0.6) is 5.75 Å². The van der Waals surface area contributed by atoms with Crippen molar-refractivity contribution in [1.82, 2.24) is 0 Å². The second kappa shape index (κ2) is 3.09. The molecule has 0 aliphatic carbocycles. The third-order valence-electron chi connectivity index (χ3n) is 1.51. The number of benzene rings is 1. The lowest BCUT2D eigenvalue weighted by molar-refractivity contribution is 0.407. The first-order valence-corrected chi connectivity index (χ1v) is 3.53. The van der Waals surface area contributed by atoms with E-state index in [0.29, 0.717) is 11.3 Å². The van der Waals surface area contributed by atoms with Gasteiger partial charge in [-0.2, -0.15) is 0 Å². The Balaban J connectivity index is 3.25. The molecule has 1 nitrogen and oxygen atoms in total. The summed E-state index contributed by atoms with van der Waals surface area (Å²) >= 11 is 5.51. The molecule has 0 heterocycles. The molecule has 0 fully saturated rings. The van der Waals surface area contributed by atoms with Crippen molar-refractivity contribution in [2.75, 3.05) is 7.11 Å². The van der Waals surface area contributed by atoms with Crippen LogP contribution in [0.1, 0.15) is 5.56 Å². The minimum absolute atomic E-state index is 0.128. The highest BCUT2D eigenvalue weighted by Crippen LogP contribution is 2.25. The van der Waals surface area contributed by atoms with Crippen LogP contribution in [0.3, 0.4) is 0 Å². The summed E-state index contributed by atoms with van der Waals surface area (Å²) in [5.41, 5.74) is 0.444. The van der Waals surface area contributed by atoms with E-state index in [1.165, 1.54) is 13.2 Å². The van der Waals surface area contributed by atoms with Gasteiger partial charge in [0.1, 0.15) is 11.6 Å². The Labute approximate surface area is 69.7 Å². The lowest BCUT2D eigenvalue weighted by Crippen LogP contribution is -1.90. The quantitative estimate of drug-likeness (QED) is 0.636. The summed E-state index contributed by atoms with van der Waals surface area (Å²) < 4.78 is 17.8. The summed E-state index contributed by atoms with van der Waals surface area (Å²) in [5, 5.41) is 0.128. The average molecular weight is 175 g/mol. The Morgan fingerprint density at radius 2 is 2.09 bits per heavy atom. The van der Waals surface area contributed by atoms with Crippen LogP contribution < -0.4 is 4.74 Å². The van der Waals surface area contributed by atoms with Crippen LogP contribution in [0.2, 0.25) is 5.02 Å².